The van der Waals surface area contributed by atoms with Gasteiger partial charge >= 0.3 is 0 Å². The number of hydrogen-bond donors (Lipinski definition) is 2. The molecule has 1 aromatic carbocycles. The first kappa shape index (κ1) is 17.9. The third-order valence-electron chi connectivity index (χ3n) is 3.08. The molecule has 5 nitrogen and oxygen atoms in total. The van der Waals surface area contributed by atoms with Crippen LogP contribution in [-0.4, -0.2) is 50.8 Å². The van der Waals surface area contributed by atoms with Gasteiger partial charge in [0.1, 0.15) is 28.3 Å². The summed E-state index contributed by atoms with van der Waals surface area (Å²) in [5, 5.41) is 12.9. The Bertz CT molecular complexity index is 537. The molecule has 0 fully saturated rings. The van der Waals surface area contributed by atoms with E-state index in [9.17, 15) is 13.5 Å². The summed E-state index contributed by atoms with van der Waals surface area (Å²) in [6.45, 7) is 6.16. The zero-order valence-electron chi connectivity index (χ0n) is 13.1. The van der Waals surface area contributed by atoms with Crippen LogP contribution >= 0.6 is 0 Å². The minimum atomic E-state index is -3.01. The Labute approximate surface area is 127 Å². The van der Waals surface area contributed by atoms with Crippen LogP contribution in [0.2, 0.25) is 0 Å². The predicted molar refractivity (Wildman–Crippen MR) is 84.6 cm³/mol. The fraction of sp³-hybridized carbons (Fsp3) is 0.600. The van der Waals surface area contributed by atoms with Crippen LogP contribution in [0.25, 0.3) is 0 Å². The van der Waals surface area contributed by atoms with Gasteiger partial charge in [-0.3, -0.25) is 0 Å². The van der Waals surface area contributed by atoms with Crippen molar-refractivity contribution in [2.24, 2.45) is 0 Å². The molecule has 0 radical (unpaired) electrons. The smallest absolute Gasteiger partial charge is 0.148 e. The number of benzene rings is 1. The quantitative estimate of drug-likeness (QED) is 0.750. The highest BCUT2D eigenvalue weighted by Crippen LogP contribution is 2.22. The Morgan fingerprint density at radius 1 is 1.29 bits per heavy atom. The highest BCUT2D eigenvalue weighted by Gasteiger charge is 2.13. The van der Waals surface area contributed by atoms with Crippen LogP contribution < -0.4 is 10.1 Å². The van der Waals surface area contributed by atoms with Gasteiger partial charge in [0.05, 0.1) is 5.75 Å². The van der Waals surface area contributed by atoms with Crippen LogP contribution in [0.5, 0.6) is 5.75 Å². The van der Waals surface area contributed by atoms with Crippen molar-refractivity contribution in [3.8, 4) is 5.75 Å². The summed E-state index contributed by atoms with van der Waals surface area (Å²) in [4.78, 5) is 0. The van der Waals surface area contributed by atoms with Crippen molar-refractivity contribution in [2.75, 3.05) is 25.2 Å². The molecule has 0 saturated carbocycles. The largest absolute Gasteiger partial charge is 0.490 e. The van der Waals surface area contributed by atoms with E-state index in [2.05, 4.69) is 5.32 Å². The van der Waals surface area contributed by atoms with Gasteiger partial charge in [-0.25, -0.2) is 8.42 Å². The van der Waals surface area contributed by atoms with Gasteiger partial charge in [-0.15, -0.1) is 0 Å². The lowest BCUT2D eigenvalue weighted by Gasteiger charge is -2.18. The molecule has 1 rings (SSSR count). The molecule has 0 amide bonds. The van der Waals surface area contributed by atoms with E-state index >= 15 is 0 Å². The number of aliphatic hydroxyl groups excluding tert-OH is 1. The van der Waals surface area contributed by atoms with Gasteiger partial charge in [0.2, 0.25) is 0 Å². The fourth-order valence-corrected chi connectivity index (χ4v) is 3.14. The monoisotopic (exact) mass is 315 g/mol. The van der Waals surface area contributed by atoms with Gasteiger partial charge in [0, 0.05) is 18.8 Å². The molecular weight excluding hydrogens is 290 g/mol. The summed E-state index contributed by atoms with van der Waals surface area (Å²) >= 11 is 0. The van der Waals surface area contributed by atoms with Crippen LogP contribution in [-0.2, 0) is 9.84 Å². The first-order valence-electron chi connectivity index (χ1n) is 6.97. The van der Waals surface area contributed by atoms with Gasteiger partial charge in [0.15, 0.2) is 0 Å². The number of sulfone groups is 1. The van der Waals surface area contributed by atoms with E-state index in [4.69, 9.17) is 4.74 Å². The Hall–Kier alpha value is -1.11. The van der Waals surface area contributed by atoms with E-state index in [-0.39, 0.29) is 18.4 Å². The average molecular weight is 315 g/mol. The third kappa shape index (κ3) is 6.93. The highest BCUT2D eigenvalue weighted by atomic mass is 32.2. The summed E-state index contributed by atoms with van der Waals surface area (Å²) in [5.41, 5.74) is 2.06. The molecule has 0 saturated heterocycles. The number of hydrogen-bond acceptors (Lipinski definition) is 5. The molecule has 21 heavy (non-hydrogen) atoms. The van der Waals surface area contributed by atoms with Crippen LogP contribution in [0.15, 0.2) is 18.2 Å². The molecule has 1 aromatic rings. The summed E-state index contributed by atoms with van der Waals surface area (Å²) in [7, 11) is -3.01. The van der Waals surface area contributed by atoms with E-state index < -0.39 is 15.9 Å². The van der Waals surface area contributed by atoms with Crippen LogP contribution in [0.1, 0.15) is 18.1 Å². The summed E-state index contributed by atoms with van der Waals surface area (Å²) in [6, 6.07) is 5.68. The van der Waals surface area contributed by atoms with Gasteiger partial charge in [-0.1, -0.05) is 18.2 Å². The third-order valence-corrected chi connectivity index (χ3v) is 4.19. The maximum absolute atomic E-state index is 11.1. The lowest BCUT2D eigenvalue weighted by Crippen LogP contribution is -2.39. The maximum Gasteiger partial charge on any atom is 0.148 e. The molecule has 2 N–H and O–H groups in total. The second-order valence-electron chi connectivity index (χ2n) is 5.59. The second kappa shape index (κ2) is 7.77. The SMILES string of the molecule is Cc1cccc(C)c1OCC(O)CNC(C)CS(C)(=O)=O. The molecule has 0 aliphatic carbocycles. The number of nitrogens with one attached hydrogen (secondary N) is 1. The molecule has 0 spiro atoms. The molecule has 6 heteroatoms. The minimum Gasteiger partial charge on any atom is -0.490 e. The number of rotatable bonds is 8. The Kier molecular flexibility index (Phi) is 6.64. The van der Waals surface area contributed by atoms with Gasteiger partial charge in [-0.2, -0.15) is 0 Å². The molecular formula is C15H25NO4S. The molecule has 2 unspecified atom stereocenters. The first-order valence-corrected chi connectivity index (χ1v) is 9.03. The number of ether oxygens (including phenoxy) is 1. The Morgan fingerprint density at radius 2 is 1.86 bits per heavy atom. The number of aryl methyl sites for hydroxylation is 2. The van der Waals surface area contributed by atoms with Crippen molar-refractivity contribution in [1.82, 2.24) is 5.32 Å². The van der Waals surface area contributed by atoms with Crippen molar-refractivity contribution in [3.05, 3.63) is 29.3 Å². The van der Waals surface area contributed by atoms with Crippen molar-refractivity contribution in [1.29, 1.82) is 0 Å². The van der Waals surface area contributed by atoms with E-state index in [1.165, 1.54) is 6.26 Å². The standard InChI is InChI=1S/C15H25NO4S/c1-11-6-5-7-12(2)15(11)20-9-14(17)8-16-13(3)10-21(4,18)19/h5-7,13-14,16-17H,8-10H2,1-4H3. The molecule has 2 atom stereocenters. The second-order valence-corrected chi connectivity index (χ2v) is 7.77. The molecule has 0 aliphatic heterocycles. The lowest BCUT2D eigenvalue weighted by molar-refractivity contribution is 0.104. The normalized spacial score (nSPS) is 14.7. The van der Waals surface area contributed by atoms with E-state index in [0.717, 1.165) is 16.9 Å². The highest BCUT2D eigenvalue weighted by molar-refractivity contribution is 7.90. The summed E-state index contributed by atoms with van der Waals surface area (Å²) in [5.74, 6) is 0.845. The zero-order chi connectivity index (χ0) is 16.0. The number of para-hydroxylation sites is 1. The topological polar surface area (TPSA) is 75.6 Å². The van der Waals surface area contributed by atoms with E-state index in [0.29, 0.717) is 6.54 Å². The van der Waals surface area contributed by atoms with Crippen molar-refractivity contribution < 1.29 is 18.3 Å². The number of aliphatic hydroxyl groups is 1. The van der Waals surface area contributed by atoms with Gasteiger partial charge in [0.25, 0.3) is 0 Å². The van der Waals surface area contributed by atoms with Gasteiger partial charge < -0.3 is 15.2 Å². The molecule has 0 bridgehead atoms. The van der Waals surface area contributed by atoms with E-state index in [1.807, 2.05) is 32.0 Å². The summed E-state index contributed by atoms with van der Waals surface area (Å²) in [6.07, 6.45) is 0.511. The van der Waals surface area contributed by atoms with Crippen LogP contribution in [0.3, 0.4) is 0 Å². The molecule has 0 aliphatic rings. The minimum absolute atomic E-state index is 0.0531. The van der Waals surface area contributed by atoms with Crippen molar-refractivity contribution in [3.63, 3.8) is 0 Å². The fourth-order valence-electron chi connectivity index (χ4n) is 2.12. The van der Waals surface area contributed by atoms with E-state index in [1.54, 1.807) is 6.92 Å². The van der Waals surface area contributed by atoms with Crippen LogP contribution in [0.4, 0.5) is 0 Å². The average Bonchev–Trinajstić information content (AvgIpc) is 2.33. The maximum atomic E-state index is 11.1. The first-order chi connectivity index (χ1) is 9.69. The Morgan fingerprint density at radius 3 is 2.38 bits per heavy atom. The summed E-state index contributed by atoms with van der Waals surface area (Å²) < 4.78 is 27.9. The lowest BCUT2D eigenvalue weighted by atomic mass is 10.1. The van der Waals surface area contributed by atoms with Crippen molar-refractivity contribution in [2.45, 2.75) is 32.9 Å². The zero-order valence-corrected chi connectivity index (χ0v) is 13.9. The molecule has 0 heterocycles. The van der Waals surface area contributed by atoms with Crippen LogP contribution in [0, 0.1) is 13.8 Å². The van der Waals surface area contributed by atoms with Gasteiger partial charge in [-0.05, 0) is 31.9 Å². The van der Waals surface area contributed by atoms with Crippen molar-refractivity contribution >= 4 is 9.84 Å². The Balaban J connectivity index is 2.39. The predicted octanol–water partition coefficient (Wildman–Crippen LogP) is 1.07. The molecule has 0 aromatic heterocycles. The molecule has 120 valence electrons.